The number of carbonyl (C=O) groups is 1. The van der Waals surface area contributed by atoms with Crippen LogP contribution in [0.4, 0.5) is 0 Å². The van der Waals surface area contributed by atoms with E-state index in [-0.39, 0.29) is 29.6 Å². The molecule has 0 saturated carbocycles. The third kappa shape index (κ3) is 5.90. The summed E-state index contributed by atoms with van der Waals surface area (Å²) in [6.45, 7) is 2.20. The number of carboxylic acids is 1. The molecule has 0 aliphatic carbocycles. The van der Waals surface area contributed by atoms with Crippen LogP contribution < -0.4 is 39.4 Å². The minimum absolute atomic E-state index is 0. The molecule has 0 fully saturated rings. The van der Waals surface area contributed by atoms with E-state index in [1.807, 2.05) is 60.7 Å². The largest absolute Gasteiger partial charge is 1.00 e. The molecule has 3 nitrogen and oxygen atoms in total. The van der Waals surface area contributed by atoms with Crippen molar-refractivity contribution >= 4 is 17.3 Å². The van der Waals surface area contributed by atoms with Crippen LogP contribution in [0.15, 0.2) is 90.3 Å². The summed E-state index contributed by atoms with van der Waals surface area (Å²) in [5.74, 6) is -0.713. The Morgan fingerprint density at radius 2 is 1.59 bits per heavy atom. The molecule has 1 heterocycles. The van der Waals surface area contributed by atoms with Crippen molar-refractivity contribution < 1.29 is 44.2 Å². The molecule has 4 rings (SSSR count). The van der Waals surface area contributed by atoms with Crippen molar-refractivity contribution in [1.29, 1.82) is 0 Å². The first kappa shape index (κ1) is 24.3. The molecule has 1 unspecified atom stereocenters. The van der Waals surface area contributed by atoms with E-state index in [1.165, 1.54) is 0 Å². The number of thiophene rings is 1. The first-order chi connectivity index (χ1) is 15.1. The molecular formula is C27H23NaO3S. The van der Waals surface area contributed by atoms with Crippen LogP contribution in [0.1, 0.15) is 18.1 Å². The van der Waals surface area contributed by atoms with Crippen molar-refractivity contribution in [2.45, 2.75) is 20.0 Å². The fourth-order valence-corrected chi connectivity index (χ4v) is 4.48. The Kier molecular flexibility index (Phi) is 8.71. The van der Waals surface area contributed by atoms with Crippen molar-refractivity contribution in [3.05, 3.63) is 101 Å². The van der Waals surface area contributed by atoms with Crippen molar-refractivity contribution in [1.82, 2.24) is 0 Å². The summed E-state index contributed by atoms with van der Waals surface area (Å²) >= 11 is 1.66. The van der Waals surface area contributed by atoms with E-state index in [2.05, 4.69) is 29.6 Å². The summed E-state index contributed by atoms with van der Waals surface area (Å²) in [5.41, 5.74) is 5.33. The standard InChI is InChI=1S/C27H24O3S.Na/c1-19(27(28)29)15-21-11-5-6-12-23(21)22-16-26(31-18-22)24-13-7-8-14-25(24)30-17-20-9-3-2-4-10-20;/h2-14,16,18-19H,15,17H2,1H3,(H,28,29);/q;+1/p-1. The van der Waals surface area contributed by atoms with Crippen LogP contribution in [-0.2, 0) is 17.8 Å². The Balaban J connectivity index is 0.00000289. The van der Waals surface area contributed by atoms with Gasteiger partial charge in [-0.15, -0.1) is 11.3 Å². The Morgan fingerprint density at radius 3 is 2.34 bits per heavy atom. The van der Waals surface area contributed by atoms with Gasteiger partial charge >= 0.3 is 29.6 Å². The Hall–Kier alpha value is -2.37. The van der Waals surface area contributed by atoms with Crippen LogP contribution >= 0.6 is 11.3 Å². The van der Waals surface area contributed by atoms with Crippen LogP contribution in [0, 0.1) is 5.92 Å². The molecule has 0 bridgehead atoms. The van der Waals surface area contributed by atoms with E-state index in [9.17, 15) is 9.90 Å². The second kappa shape index (κ2) is 11.5. The minimum atomic E-state index is -1.02. The SMILES string of the molecule is CC(Cc1ccccc1-c1csc(-c2ccccc2OCc2ccccc2)c1)C(=O)[O-].[Na+]. The molecule has 156 valence electrons. The van der Waals surface area contributed by atoms with E-state index in [0.29, 0.717) is 13.0 Å². The predicted octanol–water partition coefficient (Wildman–Crippen LogP) is 2.59. The monoisotopic (exact) mass is 450 g/mol. The molecule has 0 aliphatic heterocycles. The molecule has 0 N–H and O–H groups in total. The van der Waals surface area contributed by atoms with Gasteiger partial charge in [0.15, 0.2) is 0 Å². The zero-order valence-electron chi connectivity index (χ0n) is 18.3. The van der Waals surface area contributed by atoms with Gasteiger partial charge in [0.2, 0.25) is 0 Å². The van der Waals surface area contributed by atoms with Crippen molar-refractivity contribution in [3.63, 3.8) is 0 Å². The quantitative estimate of drug-likeness (QED) is 0.388. The number of carboxylic acid groups (broad SMARTS) is 1. The van der Waals surface area contributed by atoms with Gasteiger partial charge in [0.1, 0.15) is 12.4 Å². The topological polar surface area (TPSA) is 49.4 Å². The van der Waals surface area contributed by atoms with Gasteiger partial charge in [-0.2, -0.15) is 0 Å². The molecule has 0 spiro atoms. The van der Waals surface area contributed by atoms with Crippen molar-refractivity contribution in [2.75, 3.05) is 0 Å². The average molecular weight is 451 g/mol. The van der Waals surface area contributed by atoms with Gasteiger partial charge in [0.05, 0.1) is 0 Å². The number of rotatable bonds is 8. The average Bonchev–Trinajstić information content (AvgIpc) is 3.29. The van der Waals surface area contributed by atoms with E-state index >= 15 is 0 Å². The summed E-state index contributed by atoms with van der Waals surface area (Å²) in [7, 11) is 0. The number of hydrogen-bond donors (Lipinski definition) is 0. The van der Waals surface area contributed by atoms with Gasteiger partial charge in [0.25, 0.3) is 0 Å². The third-order valence-electron chi connectivity index (χ3n) is 5.25. The molecule has 0 amide bonds. The molecule has 1 aromatic heterocycles. The Morgan fingerprint density at radius 1 is 0.938 bits per heavy atom. The summed E-state index contributed by atoms with van der Waals surface area (Å²) in [5, 5.41) is 13.3. The first-order valence-corrected chi connectivity index (χ1v) is 11.1. The van der Waals surface area contributed by atoms with Crippen LogP contribution in [0.5, 0.6) is 5.75 Å². The molecule has 4 aromatic rings. The predicted molar refractivity (Wildman–Crippen MR) is 124 cm³/mol. The van der Waals surface area contributed by atoms with Crippen LogP contribution in [0.25, 0.3) is 21.6 Å². The van der Waals surface area contributed by atoms with E-state index in [4.69, 9.17) is 4.74 Å². The van der Waals surface area contributed by atoms with Gasteiger partial charge in [-0.1, -0.05) is 73.7 Å². The number of ether oxygens (including phenoxy) is 1. The fraction of sp³-hybridized carbons (Fsp3) is 0.148. The fourth-order valence-electron chi connectivity index (χ4n) is 3.54. The zero-order valence-corrected chi connectivity index (χ0v) is 21.1. The van der Waals surface area contributed by atoms with Gasteiger partial charge in [0, 0.05) is 16.4 Å². The van der Waals surface area contributed by atoms with E-state index < -0.39 is 11.9 Å². The maximum absolute atomic E-state index is 11.2. The van der Waals surface area contributed by atoms with Gasteiger partial charge < -0.3 is 14.6 Å². The molecule has 0 radical (unpaired) electrons. The van der Waals surface area contributed by atoms with Crippen LogP contribution in [0.2, 0.25) is 0 Å². The smallest absolute Gasteiger partial charge is 0.550 e. The van der Waals surface area contributed by atoms with E-state index in [0.717, 1.165) is 38.4 Å². The molecule has 0 saturated heterocycles. The number of para-hydroxylation sites is 1. The summed E-state index contributed by atoms with van der Waals surface area (Å²) in [6.07, 6.45) is 0.445. The van der Waals surface area contributed by atoms with Crippen LogP contribution in [-0.4, -0.2) is 5.97 Å². The molecule has 3 aromatic carbocycles. The second-order valence-corrected chi connectivity index (χ2v) is 8.46. The molecule has 0 aliphatic rings. The number of hydrogen-bond acceptors (Lipinski definition) is 4. The third-order valence-corrected chi connectivity index (χ3v) is 6.21. The zero-order chi connectivity index (χ0) is 21.6. The summed E-state index contributed by atoms with van der Waals surface area (Å²) in [4.78, 5) is 12.3. The van der Waals surface area contributed by atoms with Gasteiger partial charge in [-0.3, -0.25) is 0 Å². The molecule has 5 heteroatoms. The maximum atomic E-state index is 11.2. The normalized spacial score (nSPS) is 11.4. The first-order valence-electron chi connectivity index (χ1n) is 10.3. The molecule has 32 heavy (non-hydrogen) atoms. The van der Waals surface area contributed by atoms with Crippen molar-refractivity contribution in [3.8, 4) is 27.3 Å². The summed E-state index contributed by atoms with van der Waals surface area (Å²) < 4.78 is 6.13. The van der Waals surface area contributed by atoms with Gasteiger partial charge in [-0.25, -0.2) is 0 Å². The summed E-state index contributed by atoms with van der Waals surface area (Å²) in [6, 6.07) is 28.3. The van der Waals surface area contributed by atoms with Crippen LogP contribution in [0.3, 0.4) is 0 Å². The molecule has 1 atom stereocenters. The number of carbonyl (C=O) groups excluding carboxylic acids is 1. The second-order valence-electron chi connectivity index (χ2n) is 7.55. The Bertz CT molecular complexity index is 1170. The molecular weight excluding hydrogens is 427 g/mol. The number of aliphatic carboxylic acids is 1. The maximum Gasteiger partial charge on any atom is 1.00 e. The minimum Gasteiger partial charge on any atom is -0.550 e. The number of benzene rings is 3. The van der Waals surface area contributed by atoms with Gasteiger partial charge in [-0.05, 0) is 58.2 Å². The van der Waals surface area contributed by atoms with Crippen molar-refractivity contribution in [2.24, 2.45) is 5.92 Å². The Labute approximate surface area is 215 Å². The van der Waals surface area contributed by atoms with E-state index in [1.54, 1.807) is 18.3 Å².